The number of hydrogen-bond acceptors (Lipinski definition) is 2. The van der Waals surface area contributed by atoms with Crippen molar-refractivity contribution in [3.63, 3.8) is 0 Å². The quantitative estimate of drug-likeness (QED) is 0.575. The average molecular weight is 425 g/mol. The first-order valence-electron chi connectivity index (χ1n) is 11.4. The topological polar surface area (TPSA) is 58.3 Å². The standard InChI is InChI=1S/C25H34N4O2/c1-4-29(5-2)25(31)22-10-7-11-23(17-22)26-24(30)19-28-14-12-27(13-15-28)18-21-9-6-8-20(3)16-21/h6-11,16-17H,4-5,12-15,18-19H2,1-3H3,(H,26,30)/p+2. The minimum atomic E-state index is -0.000527. The van der Waals surface area contributed by atoms with E-state index in [1.807, 2.05) is 26.0 Å². The summed E-state index contributed by atoms with van der Waals surface area (Å²) in [7, 11) is 0. The fourth-order valence-electron chi connectivity index (χ4n) is 4.28. The van der Waals surface area contributed by atoms with Gasteiger partial charge in [-0.1, -0.05) is 35.9 Å². The number of nitrogens with one attached hydrogen (secondary N) is 3. The predicted octanol–water partition coefficient (Wildman–Crippen LogP) is 0.399. The lowest BCUT2D eigenvalue weighted by molar-refractivity contribution is -1.02. The summed E-state index contributed by atoms with van der Waals surface area (Å²) in [5, 5.41) is 2.98. The minimum Gasteiger partial charge on any atom is -0.339 e. The largest absolute Gasteiger partial charge is 0.339 e. The van der Waals surface area contributed by atoms with E-state index in [1.165, 1.54) is 16.0 Å². The third-order valence-electron chi connectivity index (χ3n) is 6.06. The highest BCUT2D eigenvalue weighted by molar-refractivity contribution is 5.97. The number of quaternary nitrogens is 2. The number of rotatable bonds is 8. The number of carbonyl (C=O) groups excluding carboxylic acids is 2. The lowest BCUT2D eigenvalue weighted by Gasteiger charge is -2.29. The van der Waals surface area contributed by atoms with Crippen molar-refractivity contribution in [2.24, 2.45) is 0 Å². The van der Waals surface area contributed by atoms with Crippen molar-refractivity contribution in [2.75, 3.05) is 51.1 Å². The summed E-state index contributed by atoms with van der Waals surface area (Å²) in [4.78, 5) is 29.8. The van der Waals surface area contributed by atoms with E-state index in [1.54, 1.807) is 21.9 Å². The number of hydrogen-bond donors (Lipinski definition) is 3. The predicted molar refractivity (Wildman–Crippen MR) is 123 cm³/mol. The summed E-state index contributed by atoms with van der Waals surface area (Å²) < 4.78 is 0. The maximum Gasteiger partial charge on any atom is 0.279 e. The van der Waals surface area contributed by atoms with E-state index < -0.39 is 0 Å². The van der Waals surface area contributed by atoms with Gasteiger partial charge in [0.05, 0.1) is 0 Å². The molecular formula is C25H36N4O2+2. The second kappa shape index (κ2) is 11.1. The van der Waals surface area contributed by atoms with Crippen LogP contribution in [0.25, 0.3) is 0 Å². The summed E-state index contributed by atoms with van der Waals surface area (Å²) in [5.74, 6) is 0.00371. The van der Waals surface area contributed by atoms with E-state index in [4.69, 9.17) is 0 Å². The van der Waals surface area contributed by atoms with Gasteiger partial charge in [0.1, 0.15) is 32.7 Å². The van der Waals surface area contributed by atoms with Crippen LogP contribution in [0.4, 0.5) is 5.69 Å². The zero-order valence-electron chi connectivity index (χ0n) is 19.0. The van der Waals surface area contributed by atoms with Crippen LogP contribution in [0.1, 0.15) is 35.3 Å². The van der Waals surface area contributed by atoms with Crippen LogP contribution >= 0.6 is 0 Å². The molecule has 2 aromatic carbocycles. The molecule has 1 aliphatic rings. The lowest BCUT2D eigenvalue weighted by atomic mass is 10.1. The molecule has 166 valence electrons. The van der Waals surface area contributed by atoms with Crippen molar-refractivity contribution < 1.29 is 19.4 Å². The Morgan fingerprint density at radius 1 is 0.935 bits per heavy atom. The number of carbonyl (C=O) groups is 2. The van der Waals surface area contributed by atoms with Crippen LogP contribution in [0.15, 0.2) is 48.5 Å². The summed E-state index contributed by atoms with van der Waals surface area (Å²) in [5.41, 5.74) is 3.99. The van der Waals surface area contributed by atoms with Gasteiger partial charge in [0.15, 0.2) is 6.54 Å². The molecule has 31 heavy (non-hydrogen) atoms. The van der Waals surface area contributed by atoms with E-state index in [2.05, 4.69) is 36.5 Å². The molecule has 2 amide bonds. The van der Waals surface area contributed by atoms with Crippen LogP contribution in [-0.4, -0.2) is 62.5 Å². The molecule has 1 heterocycles. The smallest absolute Gasteiger partial charge is 0.279 e. The zero-order valence-corrected chi connectivity index (χ0v) is 19.0. The van der Waals surface area contributed by atoms with Gasteiger partial charge in [0, 0.05) is 29.9 Å². The molecule has 0 atom stereocenters. The van der Waals surface area contributed by atoms with E-state index >= 15 is 0 Å². The first-order chi connectivity index (χ1) is 15.0. The molecule has 1 saturated heterocycles. The second-order valence-corrected chi connectivity index (χ2v) is 8.45. The summed E-state index contributed by atoms with van der Waals surface area (Å²) in [6.07, 6.45) is 0. The number of benzene rings is 2. The highest BCUT2D eigenvalue weighted by Gasteiger charge is 2.25. The van der Waals surface area contributed by atoms with Crippen molar-refractivity contribution in [3.8, 4) is 0 Å². The molecule has 0 radical (unpaired) electrons. The molecule has 1 aliphatic heterocycles. The number of anilines is 1. The summed E-state index contributed by atoms with van der Waals surface area (Å²) in [6.45, 7) is 13.1. The maximum absolute atomic E-state index is 12.6. The van der Waals surface area contributed by atoms with Gasteiger partial charge < -0.3 is 20.0 Å². The van der Waals surface area contributed by atoms with E-state index in [-0.39, 0.29) is 11.8 Å². The van der Waals surface area contributed by atoms with Crippen LogP contribution in [0.3, 0.4) is 0 Å². The number of nitrogens with zero attached hydrogens (tertiary/aromatic N) is 1. The molecule has 0 spiro atoms. The van der Waals surface area contributed by atoms with Crippen LogP contribution in [0.2, 0.25) is 0 Å². The number of aryl methyl sites for hydroxylation is 1. The van der Waals surface area contributed by atoms with Crippen LogP contribution in [0, 0.1) is 6.92 Å². The van der Waals surface area contributed by atoms with Crippen molar-refractivity contribution >= 4 is 17.5 Å². The van der Waals surface area contributed by atoms with E-state index in [0.29, 0.717) is 30.9 Å². The Kier molecular flexibility index (Phi) is 8.20. The molecule has 0 aliphatic carbocycles. The Labute approximate surface area is 185 Å². The molecule has 1 fully saturated rings. The molecule has 3 N–H and O–H groups in total. The van der Waals surface area contributed by atoms with E-state index in [9.17, 15) is 9.59 Å². The molecule has 0 bridgehead atoms. The van der Waals surface area contributed by atoms with Gasteiger partial charge in [-0.2, -0.15) is 0 Å². The normalized spacial score (nSPS) is 18.4. The van der Waals surface area contributed by atoms with Gasteiger partial charge in [-0.15, -0.1) is 0 Å². The van der Waals surface area contributed by atoms with Crippen LogP contribution < -0.4 is 15.1 Å². The SMILES string of the molecule is CCN(CC)C(=O)c1cccc(NC(=O)C[NH+]2CC[NH+](Cc3cccc(C)c3)CC2)c1. The molecule has 6 nitrogen and oxygen atoms in total. The fraction of sp³-hybridized carbons (Fsp3) is 0.440. The van der Waals surface area contributed by atoms with Gasteiger partial charge in [0.2, 0.25) is 0 Å². The minimum absolute atomic E-state index is 0.000527. The Bertz CT molecular complexity index is 887. The molecule has 2 aromatic rings. The Balaban J connectivity index is 1.47. The monoisotopic (exact) mass is 424 g/mol. The third kappa shape index (κ3) is 6.64. The fourth-order valence-corrected chi connectivity index (χ4v) is 4.28. The molecule has 3 rings (SSSR count). The van der Waals surface area contributed by atoms with Crippen molar-refractivity contribution in [1.29, 1.82) is 0 Å². The first-order valence-corrected chi connectivity index (χ1v) is 11.4. The number of amides is 2. The molecular weight excluding hydrogens is 388 g/mol. The van der Waals surface area contributed by atoms with Gasteiger partial charge in [-0.3, -0.25) is 9.59 Å². The van der Waals surface area contributed by atoms with Gasteiger partial charge in [-0.25, -0.2) is 0 Å². The summed E-state index contributed by atoms with van der Waals surface area (Å²) in [6, 6.07) is 16.0. The molecule has 6 heteroatoms. The lowest BCUT2D eigenvalue weighted by Crippen LogP contribution is -3.28. The molecule has 0 unspecified atom stereocenters. The average Bonchev–Trinajstić information content (AvgIpc) is 2.76. The number of piperazine rings is 1. The van der Waals surface area contributed by atoms with Crippen molar-refractivity contribution in [3.05, 3.63) is 65.2 Å². The second-order valence-electron chi connectivity index (χ2n) is 8.45. The highest BCUT2D eigenvalue weighted by Crippen LogP contribution is 2.12. The Morgan fingerprint density at radius 2 is 1.61 bits per heavy atom. The van der Waals surface area contributed by atoms with Crippen LogP contribution in [0.5, 0.6) is 0 Å². The highest BCUT2D eigenvalue weighted by atomic mass is 16.2. The van der Waals surface area contributed by atoms with Gasteiger partial charge in [-0.05, 0) is 39.0 Å². The maximum atomic E-state index is 12.6. The van der Waals surface area contributed by atoms with Gasteiger partial charge in [0.25, 0.3) is 11.8 Å². The van der Waals surface area contributed by atoms with E-state index in [0.717, 1.165) is 32.7 Å². The Hall–Kier alpha value is -2.70. The zero-order chi connectivity index (χ0) is 22.2. The third-order valence-corrected chi connectivity index (χ3v) is 6.06. The molecule has 0 aromatic heterocycles. The first kappa shape index (κ1) is 23.0. The van der Waals surface area contributed by atoms with Crippen molar-refractivity contribution in [2.45, 2.75) is 27.3 Å². The van der Waals surface area contributed by atoms with Crippen LogP contribution in [-0.2, 0) is 11.3 Å². The van der Waals surface area contributed by atoms with Crippen molar-refractivity contribution in [1.82, 2.24) is 4.90 Å². The summed E-state index contributed by atoms with van der Waals surface area (Å²) >= 11 is 0. The van der Waals surface area contributed by atoms with Gasteiger partial charge >= 0.3 is 0 Å². The molecule has 0 saturated carbocycles. The Morgan fingerprint density at radius 3 is 2.29 bits per heavy atom.